The molecule has 1 saturated heterocycles. The molecule has 0 aromatic heterocycles. The van der Waals surface area contributed by atoms with Crippen molar-refractivity contribution in [1.29, 1.82) is 0 Å². The van der Waals surface area contributed by atoms with E-state index in [2.05, 4.69) is 0 Å². The lowest BCUT2D eigenvalue weighted by molar-refractivity contribution is -0.149. The minimum Gasteiger partial charge on any atom is -0.481 e. The second-order valence-corrected chi connectivity index (χ2v) is 6.63. The zero-order chi connectivity index (χ0) is 15.6. The third kappa shape index (κ3) is 3.26. The predicted octanol–water partition coefficient (Wildman–Crippen LogP) is 3.24. The quantitative estimate of drug-likeness (QED) is 0.909. The van der Waals surface area contributed by atoms with Gasteiger partial charge in [-0.3, -0.25) is 9.59 Å². The maximum Gasteiger partial charge on any atom is 0.308 e. The van der Waals surface area contributed by atoms with Gasteiger partial charge in [0.05, 0.1) is 12.0 Å². The molecule has 1 amide bonds. The van der Waals surface area contributed by atoms with Gasteiger partial charge in [0.2, 0.25) is 5.91 Å². The van der Waals surface area contributed by atoms with Crippen molar-refractivity contribution in [2.45, 2.75) is 51.6 Å². The molecule has 1 heterocycles. The number of rotatable bonds is 2. The number of aliphatic carboxylic acids is 1. The summed E-state index contributed by atoms with van der Waals surface area (Å²) in [5, 5.41) is 9.63. The Bertz CT molecular complexity index is 519. The first-order valence-electron chi connectivity index (χ1n) is 7.42. The van der Waals surface area contributed by atoms with Crippen LogP contribution in [0.5, 0.6) is 0 Å². The summed E-state index contributed by atoms with van der Waals surface area (Å²) in [6.07, 6.45) is 1.59. The van der Waals surface area contributed by atoms with Gasteiger partial charge in [0.15, 0.2) is 0 Å². The summed E-state index contributed by atoms with van der Waals surface area (Å²) >= 11 is 0. The standard InChI is InChI=1S/C17H23NO3/c1-17(2,3)18-14(19)11-7-10-13(16(20)21)15(18)12-8-5-4-6-9-12/h4-6,8-9,13,15H,7,10-11H2,1-3H3,(H,20,21). The number of benzene rings is 1. The van der Waals surface area contributed by atoms with Crippen LogP contribution in [0, 0.1) is 5.92 Å². The van der Waals surface area contributed by atoms with Crippen LogP contribution in [0.15, 0.2) is 30.3 Å². The van der Waals surface area contributed by atoms with Gasteiger partial charge >= 0.3 is 5.97 Å². The first-order valence-corrected chi connectivity index (χ1v) is 7.42. The van der Waals surface area contributed by atoms with Gasteiger partial charge in [0.1, 0.15) is 0 Å². The normalized spacial score (nSPS) is 23.8. The molecule has 4 nitrogen and oxygen atoms in total. The Kier molecular flexibility index (Phi) is 4.35. The average molecular weight is 289 g/mol. The summed E-state index contributed by atoms with van der Waals surface area (Å²) in [7, 11) is 0. The van der Waals surface area contributed by atoms with E-state index in [0.717, 1.165) is 5.56 Å². The summed E-state index contributed by atoms with van der Waals surface area (Å²) in [5.41, 5.74) is 0.491. The number of carbonyl (C=O) groups is 2. The molecule has 2 unspecified atom stereocenters. The van der Waals surface area contributed by atoms with Crippen LogP contribution >= 0.6 is 0 Å². The van der Waals surface area contributed by atoms with Crippen LogP contribution in [0.25, 0.3) is 0 Å². The molecule has 1 aliphatic rings. The zero-order valence-corrected chi connectivity index (χ0v) is 12.9. The van der Waals surface area contributed by atoms with Gasteiger partial charge in [-0.15, -0.1) is 0 Å². The minimum atomic E-state index is -0.826. The third-order valence-electron chi connectivity index (χ3n) is 4.01. The van der Waals surface area contributed by atoms with Crippen molar-refractivity contribution >= 4 is 11.9 Å². The first-order chi connectivity index (χ1) is 9.82. The predicted molar refractivity (Wildman–Crippen MR) is 80.8 cm³/mol. The van der Waals surface area contributed by atoms with Crippen molar-refractivity contribution in [3.8, 4) is 0 Å². The van der Waals surface area contributed by atoms with E-state index in [1.807, 2.05) is 51.1 Å². The van der Waals surface area contributed by atoms with Crippen LogP contribution in [-0.4, -0.2) is 27.4 Å². The Morgan fingerprint density at radius 2 is 1.86 bits per heavy atom. The van der Waals surface area contributed by atoms with E-state index in [9.17, 15) is 14.7 Å². The van der Waals surface area contributed by atoms with Crippen LogP contribution < -0.4 is 0 Å². The molecule has 1 aromatic rings. The number of carbonyl (C=O) groups excluding carboxylic acids is 1. The second kappa shape index (κ2) is 5.88. The Morgan fingerprint density at radius 3 is 2.38 bits per heavy atom. The Hall–Kier alpha value is -1.84. The van der Waals surface area contributed by atoms with Crippen molar-refractivity contribution in [3.63, 3.8) is 0 Å². The van der Waals surface area contributed by atoms with Gasteiger partial charge in [-0.05, 0) is 39.2 Å². The lowest BCUT2D eigenvalue weighted by Gasteiger charge is -2.43. The zero-order valence-electron chi connectivity index (χ0n) is 12.9. The average Bonchev–Trinajstić information content (AvgIpc) is 2.58. The van der Waals surface area contributed by atoms with Crippen LogP contribution in [0.2, 0.25) is 0 Å². The number of carboxylic acid groups (broad SMARTS) is 1. The highest BCUT2D eigenvalue weighted by Crippen LogP contribution is 2.39. The number of likely N-dealkylation sites (tertiary alicyclic amines) is 1. The molecule has 0 saturated carbocycles. The molecule has 2 rings (SSSR count). The summed E-state index contributed by atoms with van der Waals surface area (Å²) in [5.74, 6) is -1.34. The molecule has 114 valence electrons. The summed E-state index contributed by atoms with van der Waals surface area (Å²) in [6, 6.07) is 9.11. The van der Waals surface area contributed by atoms with E-state index in [4.69, 9.17) is 0 Å². The molecule has 1 aromatic carbocycles. The van der Waals surface area contributed by atoms with E-state index in [-0.39, 0.29) is 5.91 Å². The summed E-state index contributed by atoms with van der Waals surface area (Å²) < 4.78 is 0. The highest BCUT2D eigenvalue weighted by atomic mass is 16.4. The number of hydrogen-bond donors (Lipinski definition) is 1. The highest BCUT2D eigenvalue weighted by molar-refractivity contribution is 5.80. The van der Waals surface area contributed by atoms with Crippen molar-refractivity contribution < 1.29 is 14.7 Å². The number of nitrogens with zero attached hydrogens (tertiary/aromatic N) is 1. The van der Waals surface area contributed by atoms with Crippen molar-refractivity contribution in [3.05, 3.63) is 35.9 Å². The maximum atomic E-state index is 12.5. The summed E-state index contributed by atoms with van der Waals surface area (Å²) in [6.45, 7) is 5.89. The maximum absolute atomic E-state index is 12.5. The van der Waals surface area contributed by atoms with Gasteiger partial charge in [-0.1, -0.05) is 30.3 Å². The van der Waals surface area contributed by atoms with Gasteiger partial charge in [-0.2, -0.15) is 0 Å². The molecule has 0 aliphatic carbocycles. The van der Waals surface area contributed by atoms with Crippen LogP contribution in [0.3, 0.4) is 0 Å². The van der Waals surface area contributed by atoms with Gasteiger partial charge in [-0.25, -0.2) is 0 Å². The van der Waals surface area contributed by atoms with Crippen molar-refractivity contribution in [2.75, 3.05) is 0 Å². The monoisotopic (exact) mass is 289 g/mol. The van der Waals surface area contributed by atoms with Crippen LogP contribution in [0.1, 0.15) is 51.6 Å². The lowest BCUT2D eigenvalue weighted by atomic mass is 9.87. The molecular weight excluding hydrogens is 266 g/mol. The fourth-order valence-electron chi connectivity index (χ4n) is 3.17. The molecule has 4 heteroatoms. The molecule has 21 heavy (non-hydrogen) atoms. The van der Waals surface area contributed by atoms with Gasteiger partial charge in [0.25, 0.3) is 0 Å². The molecule has 1 aliphatic heterocycles. The second-order valence-electron chi connectivity index (χ2n) is 6.63. The van der Waals surface area contributed by atoms with E-state index in [1.54, 1.807) is 4.90 Å². The highest BCUT2D eigenvalue weighted by Gasteiger charge is 2.42. The van der Waals surface area contributed by atoms with E-state index in [0.29, 0.717) is 19.3 Å². The minimum absolute atomic E-state index is 0.0418. The lowest BCUT2D eigenvalue weighted by Crippen LogP contribution is -2.49. The van der Waals surface area contributed by atoms with Crippen molar-refractivity contribution in [1.82, 2.24) is 4.90 Å². The topological polar surface area (TPSA) is 57.6 Å². The third-order valence-corrected chi connectivity index (χ3v) is 4.01. The molecule has 1 N–H and O–H groups in total. The van der Waals surface area contributed by atoms with E-state index in [1.165, 1.54) is 0 Å². The SMILES string of the molecule is CC(C)(C)N1C(=O)CCCC(C(=O)O)C1c1ccccc1. The molecule has 0 radical (unpaired) electrons. The molecule has 0 spiro atoms. The summed E-state index contributed by atoms with van der Waals surface area (Å²) in [4.78, 5) is 26.0. The number of carboxylic acids is 1. The van der Waals surface area contributed by atoms with Gasteiger partial charge in [0, 0.05) is 12.0 Å². The Balaban J connectivity index is 2.55. The van der Waals surface area contributed by atoms with Crippen LogP contribution in [-0.2, 0) is 9.59 Å². The Labute approximate surface area is 125 Å². The fraction of sp³-hybridized carbons (Fsp3) is 0.529. The number of hydrogen-bond acceptors (Lipinski definition) is 2. The van der Waals surface area contributed by atoms with Gasteiger partial charge < -0.3 is 10.0 Å². The molecule has 1 fully saturated rings. The van der Waals surface area contributed by atoms with E-state index >= 15 is 0 Å². The van der Waals surface area contributed by atoms with Crippen LogP contribution in [0.4, 0.5) is 0 Å². The van der Waals surface area contributed by atoms with Crippen molar-refractivity contribution in [2.24, 2.45) is 5.92 Å². The molecular formula is C17H23NO3. The Morgan fingerprint density at radius 1 is 1.24 bits per heavy atom. The first kappa shape index (κ1) is 15.5. The van der Waals surface area contributed by atoms with E-state index < -0.39 is 23.5 Å². The molecule has 0 bridgehead atoms. The number of amides is 1. The largest absolute Gasteiger partial charge is 0.481 e. The fourth-order valence-corrected chi connectivity index (χ4v) is 3.17. The smallest absolute Gasteiger partial charge is 0.308 e. The molecule has 2 atom stereocenters.